The van der Waals surface area contributed by atoms with E-state index in [9.17, 15) is 22.7 Å². The Bertz CT molecular complexity index is 1290. The Labute approximate surface area is 200 Å². The Morgan fingerprint density at radius 2 is 1.70 bits per heavy atom. The zero-order chi connectivity index (χ0) is 23.6. The number of nitrogens with one attached hydrogen (secondary N) is 1. The van der Waals surface area contributed by atoms with Gasteiger partial charge in [0.05, 0.1) is 10.5 Å². The van der Waals surface area contributed by atoms with E-state index in [1.165, 1.54) is 40.7 Å². The Kier molecular flexibility index (Phi) is 6.67. The van der Waals surface area contributed by atoms with Gasteiger partial charge < -0.3 is 10.4 Å². The van der Waals surface area contributed by atoms with Crippen LogP contribution in [-0.4, -0.2) is 36.8 Å². The van der Waals surface area contributed by atoms with E-state index < -0.39 is 27.3 Å². The summed E-state index contributed by atoms with van der Waals surface area (Å²) >= 11 is 3.34. The monoisotopic (exact) mass is 532 g/mol. The number of hydrogen-bond acceptors (Lipinski definition) is 4. The van der Waals surface area contributed by atoms with Gasteiger partial charge in [-0.1, -0.05) is 40.2 Å². The summed E-state index contributed by atoms with van der Waals surface area (Å²) in [5, 5.41) is 13.7. The molecule has 9 heteroatoms. The molecule has 0 atom stereocenters. The lowest BCUT2D eigenvalue weighted by Gasteiger charge is -2.37. The molecule has 4 rings (SSSR count). The first-order valence-electron chi connectivity index (χ1n) is 10.3. The van der Waals surface area contributed by atoms with E-state index >= 15 is 0 Å². The smallest absolute Gasteiger partial charge is 0.255 e. The summed E-state index contributed by atoms with van der Waals surface area (Å²) in [6.45, 7) is 0.146. The summed E-state index contributed by atoms with van der Waals surface area (Å²) in [5.41, 5.74) is -0.0646. The van der Waals surface area contributed by atoms with Crippen LogP contribution in [0.25, 0.3) is 0 Å². The second-order valence-electron chi connectivity index (χ2n) is 7.94. The summed E-state index contributed by atoms with van der Waals surface area (Å²) < 4.78 is 42.1. The fourth-order valence-corrected chi connectivity index (χ4v) is 5.77. The van der Waals surface area contributed by atoms with Gasteiger partial charge >= 0.3 is 0 Å². The number of piperidine rings is 1. The lowest BCUT2D eigenvalue weighted by molar-refractivity contribution is -0.00985. The predicted octanol–water partition coefficient (Wildman–Crippen LogP) is 4.51. The lowest BCUT2D eigenvalue weighted by Crippen LogP contribution is -2.45. The van der Waals surface area contributed by atoms with Crippen LogP contribution in [0.15, 0.2) is 82.2 Å². The second-order valence-corrected chi connectivity index (χ2v) is 10.8. The minimum Gasteiger partial charge on any atom is -0.385 e. The van der Waals surface area contributed by atoms with E-state index in [0.717, 1.165) is 4.47 Å². The van der Waals surface area contributed by atoms with Gasteiger partial charge in [0.15, 0.2) is 0 Å². The number of rotatable bonds is 5. The number of carbonyl (C=O) groups excluding carboxylic acids is 1. The molecule has 6 nitrogen and oxygen atoms in total. The summed E-state index contributed by atoms with van der Waals surface area (Å²) in [6.07, 6.45) is 0.275. The molecule has 3 aromatic carbocycles. The average Bonchev–Trinajstić information content (AvgIpc) is 2.79. The van der Waals surface area contributed by atoms with Crippen molar-refractivity contribution in [1.82, 2.24) is 4.31 Å². The number of aliphatic hydroxyl groups is 1. The van der Waals surface area contributed by atoms with E-state index in [4.69, 9.17) is 0 Å². The van der Waals surface area contributed by atoms with Crippen molar-refractivity contribution in [2.45, 2.75) is 23.3 Å². The Hall–Kier alpha value is -2.59. The molecule has 0 bridgehead atoms. The van der Waals surface area contributed by atoms with E-state index in [2.05, 4.69) is 21.2 Å². The number of carbonyl (C=O) groups is 1. The van der Waals surface area contributed by atoms with Crippen LogP contribution in [0.5, 0.6) is 0 Å². The van der Waals surface area contributed by atoms with Gasteiger partial charge in [-0.15, -0.1) is 0 Å². The Balaban J connectivity index is 1.49. The molecule has 1 heterocycles. The molecule has 1 aliphatic heterocycles. The molecular formula is C24H22BrFN2O4S. The number of anilines is 1. The van der Waals surface area contributed by atoms with Crippen molar-refractivity contribution in [2.75, 3.05) is 18.4 Å². The SMILES string of the molecule is O=C(Nc1cccc(Br)c1)c1cccc(S(=O)(=O)N2CCC(O)(c3cccc(F)c3)CC2)c1. The molecule has 0 radical (unpaired) electrons. The molecule has 0 aromatic heterocycles. The highest BCUT2D eigenvalue weighted by atomic mass is 79.9. The topological polar surface area (TPSA) is 86.7 Å². The molecule has 172 valence electrons. The zero-order valence-electron chi connectivity index (χ0n) is 17.5. The molecule has 1 aliphatic rings. The van der Waals surface area contributed by atoms with Crippen molar-refractivity contribution in [1.29, 1.82) is 0 Å². The normalized spacial score (nSPS) is 16.3. The van der Waals surface area contributed by atoms with Crippen molar-refractivity contribution in [3.63, 3.8) is 0 Å². The van der Waals surface area contributed by atoms with E-state index in [0.29, 0.717) is 11.3 Å². The zero-order valence-corrected chi connectivity index (χ0v) is 19.9. The maximum absolute atomic E-state index is 13.6. The van der Waals surface area contributed by atoms with Gasteiger partial charge in [0.25, 0.3) is 5.91 Å². The molecule has 0 unspecified atom stereocenters. The van der Waals surface area contributed by atoms with Crippen molar-refractivity contribution >= 4 is 37.5 Å². The molecule has 0 aliphatic carbocycles. The summed E-state index contributed by atoms with van der Waals surface area (Å²) in [7, 11) is -3.88. The van der Waals surface area contributed by atoms with Gasteiger partial charge in [-0.05, 0) is 66.9 Å². The summed E-state index contributed by atoms with van der Waals surface area (Å²) in [4.78, 5) is 12.7. The van der Waals surface area contributed by atoms with Crippen LogP contribution in [0, 0.1) is 5.82 Å². The summed E-state index contributed by atoms with van der Waals surface area (Å²) in [6, 6.07) is 18.7. The van der Waals surface area contributed by atoms with Crippen LogP contribution in [0.1, 0.15) is 28.8 Å². The third kappa shape index (κ3) is 5.16. The number of benzene rings is 3. The fraction of sp³-hybridized carbons (Fsp3) is 0.208. The highest BCUT2D eigenvalue weighted by Crippen LogP contribution is 2.35. The molecule has 0 spiro atoms. The van der Waals surface area contributed by atoms with Gasteiger partial charge in [0, 0.05) is 28.8 Å². The Morgan fingerprint density at radius 3 is 2.39 bits per heavy atom. The minimum atomic E-state index is -3.88. The van der Waals surface area contributed by atoms with Gasteiger partial charge in [-0.2, -0.15) is 4.31 Å². The number of sulfonamides is 1. The third-order valence-corrected chi connectivity index (χ3v) is 8.12. The number of amides is 1. The lowest BCUT2D eigenvalue weighted by atomic mass is 9.85. The Morgan fingerprint density at radius 1 is 1.00 bits per heavy atom. The maximum atomic E-state index is 13.6. The van der Waals surface area contributed by atoms with Crippen LogP contribution in [0.4, 0.5) is 10.1 Å². The average molecular weight is 533 g/mol. The molecule has 33 heavy (non-hydrogen) atoms. The first kappa shape index (κ1) is 23.6. The minimum absolute atomic E-state index is 0.000544. The van der Waals surface area contributed by atoms with Gasteiger partial charge in [-0.3, -0.25) is 4.79 Å². The van der Waals surface area contributed by atoms with Gasteiger partial charge in [0.1, 0.15) is 5.82 Å². The molecule has 1 amide bonds. The number of hydrogen-bond donors (Lipinski definition) is 2. The van der Waals surface area contributed by atoms with Crippen LogP contribution >= 0.6 is 15.9 Å². The second kappa shape index (κ2) is 9.34. The number of nitrogens with zero attached hydrogens (tertiary/aromatic N) is 1. The van der Waals surface area contributed by atoms with E-state index in [1.54, 1.807) is 30.3 Å². The highest BCUT2D eigenvalue weighted by Gasteiger charge is 2.38. The molecular weight excluding hydrogens is 511 g/mol. The van der Waals surface area contributed by atoms with Crippen LogP contribution in [-0.2, 0) is 15.6 Å². The first-order valence-corrected chi connectivity index (χ1v) is 12.6. The predicted molar refractivity (Wildman–Crippen MR) is 127 cm³/mol. The fourth-order valence-electron chi connectivity index (χ4n) is 3.88. The van der Waals surface area contributed by atoms with Crippen molar-refractivity contribution < 1.29 is 22.7 Å². The van der Waals surface area contributed by atoms with Crippen LogP contribution in [0.2, 0.25) is 0 Å². The molecule has 3 aromatic rings. The van der Waals surface area contributed by atoms with Gasteiger partial charge in [-0.25, -0.2) is 12.8 Å². The number of halogens is 2. The van der Waals surface area contributed by atoms with Crippen molar-refractivity contribution in [2.24, 2.45) is 0 Å². The molecule has 2 N–H and O–H groups in total. The van der Waals surface area contributed by atoms with E-state index in [-0.39, 0.29) is 36.4 Å². The van der Waals surface area contributed by atoms with Crippen LogP contribution in [0.3, 0.4) is 0 Å². The van der Waals surface area contributed by atoms with Crippen LogP contribution < -0.4 is 5.32 Å². The molecule has 1 fully saturated rings. The van der Waals surface area contributed by atoms with Gasteiger partial charge in [0.2, 0.25) is 10.0 Å². The van der Waals surface area contributed by atoms with Crippen molar-refractivity contribution in [3.05, 3.63) is 94.2 Å². The largest absolute Gasteiger partial charge is 0.385 e. The van der Waals surface area contributed by atoms with E-state index in [1.807, 2.05) is 6.07 Å². The third-order valence-electron chi connectivity index (χ3n) is 5.73. The summed E-state index contributed by atoms with van der Waals surface area (Å²) in [5.74, 6) is -0.877. The highest BCUT2D eigenvalue weighted by molar-refractivity contribution is 9.10. The maximum Gasteiger partial charge on any atom is 0.255 e. The standard InChI is InChI=1S/C24H22BrFN2O4S/c25-19-6-3-8-21(16-19)27-23(29)17-4-1-9-22(14-17)33(31,32)28-12-10-24(30,11-13-28)18-5-2-7-20(26)15-18/h1-9,14-16,30H,10-13H2,(H,27,29). The van der Waals surface area contributed by atoms with Crippen molar-refractivity contribution in [3.8, 4) is 0 Å². The molecule has 0 saturated carbocycles. The quantitative estimate of drug-likeness (QED) is 0.506. The first-order chi connectivity index (χ1) is 15.7. The molecule has 1 saturated heterocycles.